The van der Waals surface area contributed by atoms with Gasteiger partial charge in [-0.2, -0.15) is 4.73 Å². The molecular formula is C28H30N5O8P. The van der Waals surface area contributed by atoms with Gasteiger partial charge in [-0.05, 0) is 31.5 Å². The molecule has 220 valence electrons. The van der Waals surface area contributed by atoms with Crippen molar-refractivity contribution in [3.8, 4) is 0 Å². The van der Waals surface area contributed by atoms with E-state index in [-0.39, 0.29) is 60.9 Å². The molecule has 2 amide bonds. The summed E-state index contributed by atoms with van der Waals surface area (Å²) in [4.78, 5) is 45.7. The third-order valence-corrected chi connectivity index (χ3v) is 7.99. The summed E-state index contributed by atoms with van der Waals surface area (Å²) < 4.78 is 36.7. The molecule has 4 aromatic rings. The van der Waals surface area contributed by atoms with Crippen LogP contribution in [0, 0.1) is 0 Å². The predicted molar refractivity (Wildman–Crippen MR) is 151 cm³/mol. The fraction of sp³-hybridized carbons (Fsp3) is 0.321. The van der Waals surface area contributed by atoms with E-state index in [9.17, 15) is 14.2 Å². The number of benzene rings is 2. The van der Waals surface area contributed by atoms with Gasteiger partial charge in [-0.15, -0.1) is 0 Å². The Hall–Kier alpha value is -4.00. The lowest BCUT2D eigenvalue weighted by molar-refractivity contribution is -0.0561. The van der Waals surface area contributed by atoms with Gasteiger partial charge in [0, 0.05) is 0 Å². The van der Waals surface area contributed by atoms with Gasteiger partial charge < -0.3 is 23.4 Å². The molecule has 0 aliphatic carbocycles. The molecule has 3 heterocycles. The van der Waals surface area contributed by atoms with Crippen LogP contribution < -0.4 is 9.74 Å². The van der Waals surface area contributed by atoms with Gasteiger partial charge in [-0.25, -0.2) is 19.9 Å². The molecule has 0 N–H and O–H groups in total. The van der Waals surface area contributed by atoms with E-state index < -0.39 is 25.5 Å². The number of aromatic nitrogens is 4. The number of nitrogens with zero attached hydrogens (tertiary/aromatic N) is 5. The second kappa shape index (κ2) is 13.3. The van der Waals surface area contributed by atoms with E-state index in [1.807, 2.05) is 30.3 Å². The molecule has 0 radical (unpaired) electrons. The highest BCUT2D eigenvalue weighted by molar-refractivity contribution is 7.53. The first kappa shape index (κ1) is 29.5. The summed E-state index contributed by atoms with van der Waals surface area (Å²) in [6, 6.07) is 16.2. The number of rotatable bonds is 15. The van der Waals surface area contributed by atoms with Crippen LogP contribution >= 0.6 is 7.60 Å². The number of hydrogen-bond donors (Lipinski definition) is 0. The normalized spacial score (nSPS) is 14.0. The summed E-state index contributed by atoms with van der Waals surface area (Å²) in [7, 11) is -3.48. The Kier molecular flexibility index (Phi) is 9.35. The maximum Gasteiger partial charge on any atom is 0.356 e. The van der Waals surface area contributed by atoms with Crippen LogP contribution in [0.2, 0.25) is 0 Å². The fourth-order valence-corrected chi connectivity index (χ4v) is 5.74. The second-order valence-corrected chi connectivity index (χ2v) is 11.1. The summed E-state index contributed by atoms with van der Waals surface area (Å²) in [5.74, 6) is -0.951. The molecule has 42 heavy (non-hydrogen) atoms. The number of fused-ring (bicyclic) bond motifs is 2. The van der Waals surface area contributed by atoms with Crippen molar-refractivity contribution in [3.63, 3.8) is 0 Å². The largest absolute Gasteiger partial charge is 0.408 e. The van der Waals surface area contributed by atoms with Crippen LogP contribution in [0.3, 0.4) is 0 Å². The maximum atomic E-state index is 13.0. The average molecular weight is 596 g/mol. The van der Waals surface area contributed by atoms with Crippen molar-refractivity contribution in [3.05, 3.63) is 83.9 Å². The van der Waals surface area contributed by atoms with E-state index in [1.165, 1.54) is 17.4 Å². The minimum Gasteiger partial charge on any atom is -0.408 e. The number of imide groups is 1. The molecule has 2 aromatic carbocycles. The lowest BCUT2D eigenvalue weighted by Crippen LogP contribution is -2.31. The van der Waals surface area contributed by atoms with Crippen LogP contribution in [0.1, 0.15) is 40.1 Å². The van der Waals surface area contributed by atoms with E-state index in [0.717, 1.165) is 10.5 Å². The number of anilines is 1. The maximum absolute atomic E-state index is 13.0. The van der Waals surface area contributed by atoms with Crippen LogP contribution in [-0.2, 0) is 29.7 Å². The summed E-state index contributed by atoms with van der Waals surface area (Å²) in [5.41, 5.74) is 1.98. The van der Waals surface area contributed by atoms with Gasteiger partial charge in [0.25, 0.3) is 11.8 Å². The lowest BCUT2D eigenvalue weighted by atomic mass is 10.1. The monoisotopic (exact) mass is 595 g/mol. The van der Waals surface area contributed by atoms with Crippen molar-refractivity contribution >= 4 is 36.4 Å². The lowest BCUT2D eigenvalue weighted by Gasteiger charge is -2.22. The average Bonchev–Trinajstić information content (AvgIpc) is 3.53. The van der Waals surface area contributed by atoms with Crippen LogP contribution in [0.4, 0.5) is 5.82 Å². The summed E-state index contributed by atoms with van der Waals surface area (Å²) in [6.45, 7) is 4.22. The van der Waals surface area contributed by atoms with Gasteiger partial charge in [0.2, 0.25) is 5.65 Å². The smallest absolute Gasteiger partial charge is 0.356 e. The molecule has 1 unspecified atom stereocenters. The van der Waals surface area contributed by atoms with Gasteiger partial charge in [0.15, 0.2) is 11.3 Å². The third-order valence-electron chi connectivity index (χ3n) is 6.22. The number of ether oxygens (including phenoxy) is 2. The molecule has 13 nitrogen and oxygen atoms in total. The first-order valence-corrected chi connectivity index (χ1v) is 15.1. The van der Waals surface area contributed by atoms with Crippen molar-refractivity contribution in [1.29, 1.82) is 0 Å². The Morgan fingerprint density at radius 3 is 2.19 bits per heavy atom. The van der Waals surface area contributed by atoms with E-state index in [4.69, 9.17) is 23.4 Å². The minimum absolute atomic E-state index is 0.0434. The molecule has 0 saturated heterocycles. The zero-order chi connectivity index (χ0) is 29.5. The standard InChI is InChI=1S/C28H30N5O8P/c1-3-40-42(36,41-4-2)19-38-21(15-37-14-20-10-6-5-7-11-20)16-39-32-18-31-24-25(32)29-17-30-26(24)33-27(34)22-12-8-9-13-23(22)28(33)35/h5-13,17-18,21H,3-4,14-16,19H2,1-2H3. The molecule has 0 fully saturated rings. The molecule has 2 aromatic heterocycles. The van der Waals surface area contributed by atoms with Crippen molar-refractivity contribution in [2.24, 2.45) is 0 Å². The van der Waals surface area contributed by atoms with Crippen molar-refractivity contribution in [2.75, 3.05) is 37.7 Å². The zero-order valence-electron chi connectivity index (χ0n) is 23.1. The van der Waals surface area contributed by atoms with Gasteiger partial charge in [0.05, 0.1) is 37.6 Å². The van der Waals surface area contributed by atoms with Crippen LogP contribution in [-0.4, -0.2) is 70.4 Å². The number of carbonyl (C=O) groups is 2. The molecule has 0 saturated carbocycles. The quantitative estimate of drug-likeness (QED) is 0.146. The van der Waals surface area contributed by atoms with Crippen LogP contribution in [0.5, 0.6) is 0 Å². The highest BCUT2D eigenvalue weighted by Crippen LogP contribution is 2.48. The summed E-state index contributed by atoms with van der Waals surface area (Å²) in [6.07, 6.45) is 1.60. The summed E-state index contributed by atoms with van der Waals surface area (Å²) >= 11 is 0. The van der Waals surface area contributed by atoms with E-state index in [1.54, 1.807) is 38.1 Å². The number of carbonyl (C=O) groups excluding carboxylic acids is 2. The zero-order valence-corrected chi connectivity index (χ0v) is 24.0. The van der Waals surface area contributed by atoms with Crippen LogP contribution in [0.15, 0.2) is 67.3 Å². The first-order valence-electron chi connectivity index (χ1n) is 13.3. The van der Waals surface area contributed by atoms with Crippen LogP contribution in [0.25, 0.3) is 11.2 Å². The topological polar surface area (TPSA) is 144 Å². The molecule has 0 spiro atoms. The highest BCUT2D eigenvalue weighted by Gasteiger charge is 2.38. The van der Waals surface area contributed by atoms with Crippen molar-refractivity contribution in [2.45, 2.75) is 26.6 Å². The Labute approximate surface area is 241 Å². The Balaban J connectivity index is 1.32. The van der Waals surface area contributed by atoms with E-state index in [0.29, 0.717) is 6.61 Å². The Bertz CT molecular complexity index is 1550. The third kappa shape index (κ3) is 6.40. The molecule has 14 heteroatoms. The fourth-order valence-electron chi connectivity index (χ4n) is 4.33. The molecule has 1 atom stereocenters. The van der Waals surface area contributed by atoms with Crippen molar-refractivity contribution in [1.82, 2.24) is 19.7 Å². The Morgan fingerprint density at radius 2 is 1.52 bits per heavy atom. The van der Waals surface area contributed by atoms with Gasteiger partial charge in [-0.3, -0.25) is 14.2 Å². The van der Waals surface area contributed by atoms with E-state index >= 15 is 0 Å². The molecular weight excluding hydrogens is 565 g/mol. The molecule has 5 rings (SSSR count). The number of amides is 2. The molecule has 1 aliphatic rings. The van der Waals surface area contributed by atoms with Gasteiger partial charge in [-0.1, -0.05) is 42.5 Å². The van der Waals surface area contributed by atoms with Gasteiger partial charge in [0.1, 0.15) is 31.7 Å². The SMILES string of the molecule is CCOP(=O)(COC(COCc1ccccc1)COn1cnc2c(N3C(=O)c4ccccc4C3=O)ncnc21)OCC. The molecule has 1 aliphatic heterocycles. The summed E-state index contributed by atoms with van der Waals surface area (Å²) in [5, 5.41) is 0. The number of imidazole rings is 1. The predicted octanol–water partition coefficient (Wildman–Crippen LogP) is 3.88. The van der Waals surface area contributed by atoms with Gasteiger partial charge >= 0.3 is 7.60 Å². The van der Waals surface area contributed by atoms with Crippen molar-refractivity contribution < 1.29 is 37.5 Å². The first-order chi connectivity index (χ1) is 20.4. The Morgan fingerprint density at radius 1 is 0.857 bits per heavy atom. The highest BCUT2D eigenvalue weighted by atomic mass is 31.2. The minimum atomic E-state index is -3.48. The number of hydrogen-bond acceptors (Lipinski definition) is 11. The molecule has 0 bridgehead atoms. The van der Waals surface area contributed by atoms with E-state index in [2.05, 4.69) is 15.0 Å². The second-order valence-electron chi connectivity index (χ2n) is 9.09.